The van der Waals surface area contributed by atoms with Gasteiger partial charge in [0.15, 0.2) is 11.0 Å². The maximum Gasteiger partial charge on any atom is 0.271 e. The van der Waals surface area contributed by atoms with Crippen molar-refractivity contribution in [2.45, 2.75) is 9.37 Å². The molecule has 0 fully saturated rings. The number of nitrogens with one attached hydrogen (secondary N) is 1. The fourth-order valence-electron chi connectivity index (χ4n) is 2.06. The molecule has 0 atom stereocenters. The average Bonchev–Trinajstić information content (AvgIpc) is 3.16. The lowest BCUT2D eigenvalue weighted by atomic mass is 10.3. The molecular weight excluding hydrogens is 388 g/mol. The Morgan fingerprint density at radius 2 is 2.04 bits per heavy atom. The number of hydrogen-bond donors (Lipinski definition) is 1. The lowest BCUT2D eigenvalue weighted by molar-refractivity contribution is 0.603. The Bertz CT molecular complexity index is 982. The van der Waals surface area contributed by atoms with Gasteiger partial charge in [0, 0.05) is 18.0 Å². The molecule has 3 aromatic rings. The van der Waals surface area contributed by atoms with Crippen LogP contribution in [0.2, 0.25) is 5.02 Å². The number of sulfonamides is 1. The predicted molar refractivity (Wildman–Crippen MR) is 98.4 cm³/mol. The maximum absolute atomic E-state index is 12.5. The fourth-order valence-corrected chi connectivity index (χ4v) is 5.02. The van der Waals surface area contributed by atoms with Gasteiger partial charge in [0.05, 0.1) is 10.7 Å². The van der Waals surface area contributed by atoms with Gasteiger partial charge in [-0.15, -0.1) is 21.5 Å². The van der Waals surface area contributed by atoms with Crippen molar-refractivity contribution in [3.8, 4) is 11.4 Å². The lowest BCUT2D eigenvalue weighted by Crippen LogP contribution is -2.11. The molecule has 1 N–H and O–H groups in total. The monoisotopic (exact) mass is 400 g/mol. The van der Waals surface area contributed by atoms with Gasteiger partial charge < -0.3 is 4.57 Å². The number of halogens is 1. The highest BCUT2D eigenvalue weighted by molar-refractivity contribution is 7.98. The van der Waals surface area contributed by atoms with Gasteiger partial charge in [-0.2, -0.15) is 0 Å². The van der Waals surface area contributed by atoms with Crippen molar-refractivity contribution in [1.29, 1.82) is 0 Å². The Labute approximate surface area is 152 Å². The first-order valence-electron chi connectivity index (χ1n) is 6.72. The van der Waals surface area contributed by atoms with Crippen molar-refractivity contribution in [3.63, 3.8) is 0 Å². The van der Waals surface area contributed by atoms with E-state index >= 15 is 0 Å². The summed E-state index contributed by atoms with van der Waals surface area (Å²) in [5.41, 5.74) is 1.05. The Hall–Kier alpha value is -1.55. The van der Waals surface area contributed by atoms with Crippen LogP contribution in [0, 0.1) is 0 Å². The molecule has 0 amide bonds. The van der Waals surface area contributed by atoms with Crippen molar-refractivity contribution in [2.75, 3.05) is 11.0 Å². The van der Waals surface area contributed by atoms with Crippen molar-refractivity contribution in [2.24, 2.45) is 7.05 Å². The molecule has 0 aliphatic rings. The van der Waals surface area contributed by atoms with Crippen LogP contribution in [0.1, 0.15) is 0 Å². The van der Waals surface area contributed by atoms with E-state index in [1.807, 2.05) is 17.9 Å². The van der Waals surface area contributed by atoms with Crippen LogP contribution in [0.3, 0.4) is 0 Å². The fraction of sp³-hybridized carbons (Fsp3) is 0.143. The first kappa shape index (κ1) is 17.3. The number of anilines is 1. The first-order chi connectivity index (χ1) is 11.4. The second-order valence-corrected chi connectivity index (χ2v) is 8.81. The number of nitrogens with zero attached hydrogens (tertiary/aromatic N) is 3. The Morgan fingerprint density at radius 1 is 1.29 bits per heavy atom. The zero-order valence-electron chi connectivity index (χ0n) is 12.7. The van der Waals surface area contributed by atoms with E-state index in [0.717, 1.165) is 16.5 Å². The highest BCUT2D eigenvalue weighted by atomic mass is 35.5. The summed E-state index contributed by atoms with van der Waals surface area (Å²) in [4.78, 5) is 0. The third-order valence-corrected chi connectivity index (χ3v) is 7.09. The van der Waals surface area contributed by atoms with Crippen LogP contribution < -0.4 is 4.72 Å². The predicted octanol–water partition coefficient (Wildman–Crippen LogP) is 3.72. The number of hydrogen-bond acceptors (Lipinski definition) is 6. The summed E-state index contributed by atoms with van der Waals surface area (Å²) in [5, 5.41) is 11.0. The topological polar surface area (TPSA) is 76.9 Å². The van der Waals surface area contributed by atoms with E-state index in [0.29, 0.717) is 22.1 Å². The zero-order valence-corrected chi connectivity index (χ0v) is 15.9. The van der Waals surface area contributed by atoms with Crippen LogP contribution in [0.5, 0.6) is 0 Å². The number of aromatic nitrogens is 3. The van der Waals surface area contributed by atoms with Crippen molar-refractivity contribution >= 4 is 50.4 Å². The second kappa shape index (κ2) is 6.75. The highest BCUT2D eigenvalue weighted by Crippen LogP contribution is 2.31. The molecule has 3 rings (SSSR count). The number of rotatable bonds is 5. The Morgan fingerprint density at radius 3 is 2.71 bits per heavy atom. The largest absolute Gasteiger partial charge is 0.305 e. The van der Waals surface area contributed by atoms with Crippen molar-refractivity contribution in [1.82, 2.24) is 14.8 Å². The molecule has 0 saturated heterocycles. The Balaban J connectivity index is 1.92. The number of benzene rings is 1. The second-order valence-electron chi connectivity index (χ2n) is 4.81. The molecule has 0 aliphatic carbocycles. The molecule has 0 aliphatic heterocycles. The highest BCUT2D eigenvalue weighted by Gasteiger charge is 2.20. The molecule has 0 spiro atoms. The third kappa shape index (κ3) is 3.30. The SMILES string of the molecule is CSc1nnc(-c2csc(S(=O)(=O)Nc3ccccc3Cl)c2)n1C. The summed E-state index contributed by atoms with van der Waals surface area (Å²) in [6, 6.07) is 8.27. The van der Waals surface area contributed by atoms with Crippen LogP contribution in [0.15, 0.2) is 45.1 Å². The van der Waals surface area contributed by atoms with E-state index in [2.05, 4.69) is 14.9 Å². The van der Waals surface area contributed by atoms with E-state index in [4.69, 9.17) is 11.6 Å². The molecule has 24 heavy (non-hydrogen) atoms. The van der Waals surface area contributed by atoms with Crippen molar-refractivity contribution in [3.05, 3.63) is 40.7 Å². The summed E-state index contributed by atoms with van der Waals surface area (Å²) in [7, 11) is -1.87. The molecule has 10 heteroatoms. The summed E-state index contributed by atoms with van der Waals surface area (Å²) in [6.07, 6.45) is 1.91. The maximum atomic E-state index is 12.5. The molecule has 0 unspecified atom stereocenters. The summed E-state index contributed by atoms with van der Waals surface area (Å²) < 4.78 is 29.6. The molecule has 2 heterocycles. The minimum Gasteiger partial charge on any atom is -0.305 e. The molecule has 0 saturated carbocycles. The van der Waals surface area contributed by atoms with Gasteiger partial charge in [0.1, 0.15) is 4.21 Å². The molecule has 126 valence electrons. The Kier molecular flexibility index (Phi) is 4.86. The molecule has 0 bridgehead atoms. The number of thiophene rings is 1. The summed E-state index contributed by atoms with van der Waals surface area (Å²) >= 11 is 8.61. The van der Waals surface area contributed by atoms with Crippen LogP contribution in [0.4, 0.5) is 5.69 Å². The standard InChI is InChI=1S/C14H13ClN4O2S3/c1-19-13(16-17-14(19)22-2)9-7-12(23-8-9)24(20,21)18-11-6-4-3-5-10(11)15/h3-8,18H,1-2H3. The van der Waals surface area contributed by atoms with E-state index in [-0.39, 0.29) is 4.21 Å². The minimum absolute atomic E-state index is 0.186. The molecule has 1 aromatic carbocycles. The molecule has 6 nitrogen and oxygen atoms in total. The van der Waals surface area contributed by atoms with Gasteiger partial charge in [0.2, 0.25) is 0 Å². The quantitative estimate of drug-likeness (QED) is 0.660. The van der Waals surface area contributed by atoms with Crippen molar-refractivity contribution < 1.29 is 8.42 Å². The van der Waals surface area contributed by atoms with Crippen LogP contribution in [-0.4, -0.2) is 29.4 Å². The van der Waals surface area contributed by atoms with Gasteiger partial charge in [-0.3, -0.25) is 4.72 Å². The number of para-hydroxylation sites is 1. The van der Waals surface area contributed by atoms with Gasteiger partial charge in [-0.05, 0) is 24.5 Å². The van der Waals surface area contributed by atoms with Crippen LogP contribution >= 0.6 is 34.7 Å². The van der Waals surface area contributed by atoms with E-state index in [1.54, 1.807) is 35.7 Å². The third-order valence-electron chi connectivity index (χ3n) is 3.23. The van der Waals surface area contributed by atoms with Gasteiger partial charge in [-0.25, -0.2) is 8.42 Å². The van der Waals surface area contributed by atoms with Gasteiger partial charge in [0.25, 0.3) is 10.0 Å². The molecule has 2 aromatic heterocycles. The van der Waals surface area contributed by atoms with Gasteiger partial charge in [-0.1, -0.05) is 35.5 Å². The normalized spacial score (nSPS) is 11.6. The zero-order chi connectivity index (χ0) is 17.3. The minimum atomic E-state index is -3.71. The number of thioether (sulfide) groups is 1. The van der Waals surface area contributed by atoms with Crippen LogP contribution in [-0.2, 0) is 17.1 Å². The van der Waals surface area contributed by atoms with E-state index < -0.39 is 10.0 Å². The van der Waals surface area contributed by atoms with Crippen LogP contribution in [0.25, 0.3) is 11.4 Å². The first-order valence-corrected chi connectivity index (χ1v) is 10.7. The van der Waals surface area contributed by atoms with E-state index in [9.17, 15) is 8.42 Å². The van der Waals surface area contributed by atoms with E-state index in [1.165, 1.54) is 11.8 Å². The summed E-state index contributed by atoms with van der Waals surface area (Å²) in [5.74, 6) is 0.620. The summed E-state index contributed by atoms with van der Waals surface area (Å²) in [6.45, 7) is 0. The molecular formula is C14H13ClN4O2S3. The molecule has 0 radical (unpaired) electrons. The lowest BCUT2D eigenvalue weighted by Gasteiger charge is -2.07. The van der Waals surface area contributed by atoms with Gasteiger partial charge >= 0.3 is 0 Å². The average molecular weight is 401 g/mol. The smallest absolute Gasteiger partial charge is 0.271 e.